The summed E-state index contributed by atoms with van der Waals surface area (Å²) in [5.74, 6) is 0. The fourth-order valence-corrected chi connectivity index (χ4v) is 1.93. The van der Waals surface area contributed by atoms with E-state index in [1.165, 1.54) is 16.8 Å². The Morgan fingerprint density at radius 3 is 2.42 bits per heavy atom. The monoisotopic (exact) mass is 329 g/mol. The number of hydrogen-bond donors (Lipinski definition) is 0. The van der Waals surface area contributed by atoms with Gasteiger partial charge in [0.2, 0.25) is 0 Å². The molecule has 0 aliphatic heterocycles. The Labute approximate surface area is 115 Å². The van der Waals surface area contributed by atoms with E-state index in [9.17, 15) is 13.2 Å². The van der Waals surface area contributed by atoms with E-state index < -0.39 is 11.7 Å². The second kappa shape index (κ2) is 5.05. The second-order valence-electron chi connectivity index (χ2n) is 3.75. The molecule has 2 rings (SSSR count). The number of alkyl halides is 3. The quantitative estimate of drug-likeness (QED) is 0.842. The smallest absolute Gasteiger partial charge is 0.240 e. The standard InChI is InChI=1S/C12H7BrF3N3/c13-10-7-19(18-11(10)5-6-17)9-3-1-8(2-4-9)12(14,15)16/h1-4,7H,5H2. The lowest BCUT2D eigenvalue weighted by atomic mass is 10.2. The molecule has 0 bridgehead atoms. The van der Waals surface area contributed by atoms with Gasteiger partial charge in [0.15, 0.2) is 0 Å². The molecule has 0 saturated heterocycles. The van der Waals surface area contributed by atoms with Gasteiger partial charge in [0, 0.05) is 6.20 Å². The lowest BCUT2D eigenvalue weighted by Crippen LogP contribution is -2.05. The summed E-state index contributed by atoms with van der Waals surface area (Å²) in [6.07, 6.45) is -2.61. The van der Waals surface area contributed by atoms with E-state index in [4.69, 9.17) is 5.26 Å². The Morgan fingerprint density at radius 2 is 1.89 bits per heavy atom. The third-order valence-corrected chi connectivity index (χ3v) is 3.11. The molecule has 7 heteroatoms. The first-order chi connectivity index (χ1) is 8.91. The summed E-state index contributed by atoms with van der Waals surface area (Å²) in [5, 5.41) is 12.7. The van der Waals surface area contributed by atoms with Crippen molar-refractivity contribution in [1.82, 2.24) is 9.78 Å². The lowest BCUT2D eigenvalue weighted by Gasteiger charge is -2.07. The number of aromatic nitrogens is 2. The van der Waals surface area contributed by atoms with Gasteiger partial charge in [-0.15, -0.1) is 0 Å². The zero-order valence-corrected chi connectivity index (χ0v) is 11.0. The maximum Gasteiger partial charge on any atom is 0.416 e. The summed E-state index contributed by atoms with van der Waals surface area (Å²) in [7, 11) is 0. The van der Waals surface area contributed by atoms with Gasteiger partial charge in [0.25, 0.3) is 0 Å². The Hall–Kier alpha value is -1.81. The molecule has 0 radical (unpaired) electrons. The minimum Gasteiger partial charge on any atom is -0.240 e. The number of hydrogen-bond acceptors (Lipinski definition) is 2. The Balaban J connectivity index is 2.33. The predicted molar refractivity (Wildman–Crippen MR) is 65.6 cm³/mol. The molecule has 0 N–H and O–H groups in total. The topological polar surface area (TPSA) is 41.6 Å². The normalized spacial score (nSPS) is 11.3. The fraction of sp³-hybridized carbons (Fsp3) is 0.167. The highest BCUT2D eigenvalue weighted by Gasteiger charge is 2.30. The molecule has 0 fully saturated rings. The van der Waals surface area contributed by atoms with Crippen LogP contribution in [0.2, 0.25) is 0 Å². The molecule has 1 heterocycles. The Bertz CT molecular complexity index is 623. The van der Waals surface area contributed by atoms with Crippen LogP contribution in [0, 0.1) is 11.3 Å². The first kappa shape index (κ1) is 13.6. The highest BCUT2D eigenvalue weighted by molar-refractivity contribution is 9.10. The van der Waals surface area contributed by atoms with Gasteiger partial charge in [-0.25, -0.2) is 4.68 Å². The van der Waals surface area contributed by atoms with Gasteiger partial charge >= 0.3 is 6.18 Å². The van der Waals surface area contributed by atoms with Gasteiger partial charge in [-0.1, -0.05) is 0 Å². The van der Waals surface area contributed by atoms with Crippen LogP contribution >= 0.6 is 15.9 Å². The first-order valence-corrected chi connectivity index (χ1v) is 6.00. The van der Waals surface area contributed by atoms with Crippen LogP contribution < -0.4 is 0 Å². The van der Waals surface area contributed by atoms with Gasteiger partial charge < -0.3 is 0 Å². The van der Waals surface area contributed by atoms with E-state index in [0.29, 0.717) is 15.9 Å². The third-order valence-electron chi connectivity index (χ3n) is 2.45. The molecule has 1 aromatic carbocycles. The van der Waals surface area contributed by atoms with E-state index in [1.54, 1.807) is 6.20 Å². The molecule has 98 valence electrons. The van der Waals surface area contributed by atoms with E-state index in [1.807, 2.05) is 6.07 Å². The molecule has 0 atom stereocenters. The van der Waals surface area contributed by atoms with Crippen molar-refractivity contribution in [3.05, 3.63) is 46.2 Å². The van der Waals surface area contributed by atoms with Crippen LogP contribution in [0.4, 0.5) is 13.2 Å². The van der Waals surface area contributed by atoms with Crippen molar-refractivity contribution in [2.75, 3.05) is 0 Å². The SMILES string of the molecule is N#CCc1nn(-c2ccc(C(F)(F)F)cc2)cc1Br. The molecular formula is C12H7BrF3N3. The summed E-state index contributed by atoms with van der Waals surface area (Å²) in [5.41, 5.74) is 0.333. The van der Waals surface area contributed by atoms with E-state index in [2.05, 4.69) is 21.0 Å². The molecule has 19 heavy (non-hydrogen) atoms. The number of rotatable bonds is 2. The zero-order valence-electron chi connectivity index (χ0n) is 9.45. The second-order valence-corrected chi connectivity index (χ2v) is 4.60. The van der Waals surface area contributed by atoms with Gasteiger partial charge in [0.1, 0.15) is 0 Å². The average molecular weight is 330 g/mol. The molecule has 0 saturated carbocycles. The Kier molecular flexibility index (Phi) is 3.62. The highest BCUT2D eigenvalue weighted by atomic mass is 79.9. The first-order valence-electron chi connectivity index (χ1n) is 5.20. The van der Waals surface area contributed by atoms with Crippen molar-refractivity contribution in [3.63, 3.8) is 0 Å². The van der Waals surface area contributed by atoms with Crippen LogP contribution in [0.25, 0.3) is 5.69 Å². The van der Waals surface area contributed by atoms with Crippen molar-refractivity contribution < 1.29 is 13.2 Å². The van der Waals surface area contributed by atoms with Crippen molar-refractivity contribution >= 4 is 15.9 Å². The molecule has 0 aliphatic carbocycles. The Morgan fingerprint density at radius 1 is 1.26 bits per heavy atom. The van der Waals surface area contributed by atoms with Gasteiger partial charge in [-0.05, 0) is 40.2 Å². The number of nitrogens with zero attached hydrogens (tertiary/aromatic N) is 3. The molecule has 0 amide bonds. The summed E-state index contributed by atoms with van der Waals surface area (Å²) in [4.78, 5) is 0. The minimum absolute atomic E-state index is 0.133. The lowest BCUT2D eigenvalue weighted by molar-refractivity contribution is -0.137. The van der Waals surface area contributed by atoms with E-state index in [0.717, 1.165) is 12.1 Å². The zero-order chi connectivity index (χ0) is 14.0. The van der Waals surface area contributed by atoms with Gasteiger partial charge in [-0.2, -0.15) is 23.5 Å². The van der Waals surface area contributed by atoms with E-state index >= 15 is 0 Å². The molecule has 2 aromatic rings. The van der Waals surface area contributed by atoms with Crippen molar-refractivity contribution in [1.29, 1.82) is 5.26 Å². The summed E-state index contributed by atoms with van der Waals surface area (Å²) < 4.78 is 39.3. The molecule has 3 nitrogen and oxygen atoms in total. The predicted octanol–water partition coefficient (Wildman–Crippen LogP) is 3.72. The van der Waals surface area contributed by atoms with Gasteiger partial charge in [-0.3, -0.25) is 0 Å². The molecule has 1 aromatic heterocycles. The van der Waals surface area contributed by atoms with Crippen LogP contribution in [0.1, 0.15) is 11.3 Å². The van der Waals surface area contributed by atoms with Crippen LogP contribution in [0.5, 0.6) is 0 Å². The van der Waals surface area contributed by atoms with Gasteiger partial charge in [0.05, 0.1) is 33.9 Å². The molecule has 0 unspecified atom stereocenters. The van der Waals surface area contributed by atoms with Crippen LogP contribution in [-0.4, -0.2) is 9.78 Å². The fourth-order valence-electron chi connectivity index (χ4n) is 1.52. The van der Waals surface area contributed by atoms with E-state index in [-0.39, 0.29) is 6.42 Å². The van der Waals surface area contributed by atoms with Crippen LogP contribution in [0.3, 0.4) is 0 Å². The third kappa shape index (κ3) is 2.96. The maximum atomic E-state index is 12.4. The van der Waals surface area contributed by atoms with Crippen molar-refractivity contribution in [2.45, 2.75) is 12.6 Å². The maximum absolute atomic E-state index is 12.4. The van der Waals surface area contributed by atoms with Crippen LogP contribution in [0.15, 0.2) is 34.9 Å². The van der Waals surface area contributed by atoms with Crippen molar-refractivity contribution in [2.24, 2.45) is 0 Å². The number of nitriles is 1. The number of benzene rings is 1. The summed E-state index contributed by atoms with van der Waals surface area (Å²) >= 11 is 3.25. The minimum atomic E-state index is -4.35. The largest absolute Gasteiger partial charge is 0.416 e. The van der Waals surface area contributed by atoms with Crippen molar-refractivity contribution in [3.8, 4) is 11.8 Å². The number of halogens is 4. The summed E-state index contributed by atoms with van der Waals surface area (Å²) in [6, 6.07) is 6.62. The average Bonchev–Trinajstić information content (AvgIpc) is 2.71. The highest BCUT2D eigenvalue weighted by Crippen LogP contribution is 2.29. The summed E-state index contributed by atoms with van der Waals surface area (Å²) in [6.45, 7) is 0. The molecule has 0 aliphatic rings. The molecule has 0 spiro atoms. The molecular weight excluding hydrogens is 323 g/mol. The van der Waals surface area contributed by atoms with Crippen LogP contribution in [-0.2, 0) is 12.6 Å².